The second-order valence-corrected chi connectivity index (χ2v) is 5.65. The molecule has 0 aliphatic rings. The van der Waals surface area contributed by atoms with Gasteiger partial charge in [0.2, 0.25) is 5.91 Å². The summed E-state index contributed by atoms with van der Waals surface area (Å²) in [5.74, 6) is -0.467. The average molecular weight is 254 g/mol. The Kier molecular flexibility index (Phi) is 6.60. The molecule has 0 radical (unpaired) electrons. The number of carbonyl (C=O) groups is 1. The lowest BCUT2D eigenvalue weighted by molar-refractivity contribution is -0.120. The van der Waals surface area contributed by atoms with Crippen molar-refractivity contribution in [1.29, 1.82) is 0 Å². The summed E-state index contributed by atoms with van der Waals surface area (Å²) in [6.45, 7) is 3.93. The fraction of sp³-hybridized carbons (Fsp3) is 0.667. The molecule has 0 aliphatic carbocycles. The van der Waals surface area contributed by atoms with E-state index in [1.807, 2.05) is 0 Å². The minimum Gasteiger partial charge on any atom is -0.356 e. The molecule has 0 atom stereocenters. The first-order valence-electron chi connectivity index (χ1n) is 4.64. The van der Waals surface area contributed by atoms with Gasteiger partial charge in [0.25, 0.3) is 0 Å². The molecule has 0 aromatic carbocycles. The van der Waals surface area contributed by atoms with Crippen molar-refractivity contribution < 1.29 is 13.2 Å². The number of sulfone groups is 1. The number of carbonyl (C=O) groups excluding carboxylic acids is 1. The number of amides is 1. The van der Waals surface area contributed by atoms with Gasteiger partial charge in [-0.2, -0.15) is 0 Å². The van der Waals surface area contributed by atoms with Crippen LogP contribution >= 0.6 is 11.6 Å². The molecule has 0 saturated heterocycles. The molecule has 0 aromatic rings. The zero-order valence-electron chi connectivity index (χ0n) is 8.92. The van der Waals surface area contributed by atoms with Crippen molar-refractivity contribution in [2.24, 2.45) is 0 Å². The van der Waals surface area contributed by atoms with Crippen LogP contribution in [0.5, 0.6) is 0 Å². The molecule has 1 amide bonds. The third-order valence-electron chi connectivity index (χ3n) is 1.65. The van der Waals surface area contributed by atoms with E-state index in [4.69, 9.17) is 11.6 Å². The molecular weight excluding hydrogens is 238 g/mol. The molecule has 0 saturated carbocycles. The fourth-order valence-electron chi connectivity index (χ4n) is 0.984. The Hall–Kier alpha value is -0.550. The van der Waals surface area contributed by atoms with Crippen molar-refractivity contribution in [3.05, 3.63) is 11.1 Å². The summed E-state index contributed by atoms with van der Waals surface area (Å²) in [6.07, 6.45) is 0.00569. The Bertz CT molecular complexity index is 335. The SMILES string of the molecule is CCNC(=O)CCS(=O)(=O)C/C(C)=C/Cl. The number of halogens is 1. The summed E-state index contributed by atoms with van der Waals surface area (Å²) in [7, 11) is -3.22. The summed E-state index contributed by atoms with van der Waals surface area (Å²) < 4.78 is 22.9. The minimum absolute atomic E-state index is 0.00569. The molecule has 0 fully saturated rings. The Morgan fingerprint density at radius 2 is 2.07 bits per heavy atom. The minimum atomic E-state index is -3.22. The molecule has 0 bridgehead atoms. The van der Waals surface area contributed by atoms with Gasteiger partial charge in [-0.3, -0.25) is 4.79 Å². The lowest BCUT2D eigenvalue weighted by Crippen LogP contribution is -2.25. The Morgan fingerprint density at radius 1 is 1.47 bits per heavy atom. The Balaban J connectivity index is 4.11. The normalized spacial score (nSPS) is 12.6. The predicted molar refractivity (Wildman–Crippen MR) is 61.6 cm³/mol. The van der Waals surface area contributed by atoms with Gasteiger partial charge in [0, 0.05) is 18.5 Å². The third kappa shape index (κ3) is 7.39. The van der Waals surface area contributed by atoms with Crippen molar-refractivity contribution in [3.63, 3.8) is 0 Å². The van der Waals surface area contributed by atoms with E-state index in [-0.39, 0.29) is 23.8 Å². The van der Waals surface area contributed by atoms with Gasteiger partial charge in [-0.15, -0.1) is 0 Å². The van der Waals surface area contributed by atoms with E-state index in [9.17, 15) is 13.2 Å². The van der Waals surface area contributed by atoms with Crippen LogP contribution in [0.4, 0.5) is 0 Å². The van der Waals surface area contributed by atoms with E-state index in [2.05, 4.69) is 5.32 Å². The first-order valence-corrected chi connectivity index (χ1v) is 6.90. The van der Waals surface area contributed by atoms with Gasteiger partial charge >= 0.3 is 0 Å². The van der Waals surface area contributed by atoms with Gasteiger partial charge in [0.15, 0.2) is 9.84 Å². The monoisotopic (exact) mass is 253 g/mol. The van der Waals surface area contributed by atoms with Gasteiger partial charge in [0.1, 0.15) is 0 Å². The van der Waals surface area contributed by atoms with Crippen molar-refractivity contribution in [2.45, 2.75) is 20.3 Å². The molecule has 88 valence electrons. The molecule has 6 heteroatoms. The smallest absolute Gasteiger partial charge is 0.221 e. The van der Waals surface area contributed by atoms with Crippen LogP contribution in [0.3, 0.4) is 0 Å². The molecule has 15 heavy (non-hydrogen) atoms. The predicted octanol–water partition coefficient (Wildman–Crippen LogP) is 1.07. The summed E-state index contributed by atoms with van der Waals surface area (Å²) >= 11 is 5.36. The molecule has 0 rings (SSSR count). The fourth-order valence-corrected chi connectivity index (χ4v) is 2.57. The lowest BCUT2D eigenvalue weighted by Gasteiger charge is -2.04. The van der Waals surface area contributed by atoms with Gasteiger partial charge < -0.3 is 5.32 Å². The van der Waals surface area contributed by atoms with Gasteiger partial charge in [0.05, 0.1) is 11.5 Å². The molecule has 0 aromatic heterocycles. The van der Waals surface area contributed by atoms with E-state index in [0.717, 1.165) is 0 Å². The maximum atomic E-state index is 11.4. The molecule has 4 nitrogen and oxygen atoms in total. The van der Waals surface area contributed by atoms with Crippen LogP contribution in [0.2, 0.25) is 0 Å². The highest BCUT2D eigenvalue weighted by atomic mass is 35.5. The summed E-state index contributed by atoms with van der Waals surface area (Å²) in [4.78, 5) is 11.0. The average Bonchev–Trinajstić information content (AvgIpc) is 2.15. The first-order chi connectivity index (χ1) is 6.91. The lowest BCUT2D eigenvalue weighted by atomic mass is 10.4. The summed E-state index contributed by atoms with van der Waals surface area (Å²) in [5.41, 5.74) is 1.82. The van der Waals surface area contributed by atoms with Crippen molar-refractivity contribution >= 4 is 27.3 Å². The van der Waals surface area contributed by atoms with Crippen molar-refractivity contribution in [3.8, 4) is 0 Å². The topological polar surface area (TPSA) is 63.2 Å². The molecule has 0 aliphatic heterocycles. The van der Waals surface area contributed by atoms with Crippen LogP contribution < -0.4 is 5.32 Å². The Labute approximate surface area is 95.6 Å². The summed E-state index contributed by atoms with van der Waals surface area (Å²) in [6, 6.07) is 0. The molecule has 0 unspecified atom stereocenters. The maximum Gasteiger partial charge on any atom is 0.221 e. The van der Waals surface area contributed by atoms with Gasteiger partial charge in [-0.05, 0) is 19.4 Å². The van der Waals surface area contributed by atoms with E-state index < -0.39 is 9.84 Å². The number of hydrogen-bond acceptors (Lipinski definition) is 3. The van der Waals surface area contributed by atoms with E-state index in [1.165, 1.54) is 5.54 Å². The molecular formula is C9H16ClNO3S. The highest BCUT2D eigenvalue weighted by Crippen LogP contribution is 2.03. The molecule has 0 heterocycles. The number of nitrogens with one attached hydrogen (secondary N) is 1. The summed E-state index contributed by atoms with van der Waals surface area (Å²) in [5, 5.41) is 2.54. The van der Waals surface area contributed by atoms with E-state index >= 15 is 0 Å². The quantitative estimate of drug-likeness (QED) is 0.770. The van der Waals surface area contributed by atoms with E-state index in [1.54, 1.807) is 13.8 Å². The standard InChI is InChI=1S/C9H16ClNO3S/c1-3-11-9(12)4-5-15(13,14)7-8(2)6-10/h6H,3-5,7H2,1-2H3,(H,11,12)/b8-6+. The highest BCUT2D eigenvalue weighted by molar-refractivity contribution is 7.91. The van der Waals surface area contributed by atoms with Crippen LogP contribution in [0.15, 0.2) is 11.1 Å². The first kappa shape index (κ1) is 14.5. The zero-order chi connectivity index (χ0) is 11.9. The second kappa shape index (κ2) is 6.85. The second-order valence-electron chi connectivity index (χ2n) is 3.25. The van der Waals surface area contributed by atoms with Crippen LogP contribution in [0.1, 0.15) is 20.3 Å². The zero-order valence-corrected chi connectivity index (χ0v) is 10.5. The van der Waals surface area contributed by atoms with Crippen LogP contribution in [0.25, 0.3) is 0 Å². The maximum absolute atomic E-state index is 11.4. The number of rotatable bonds is 6. The van der Waals surface area contributed by atoms with Crippen LogP contribution in [0, 0.1) is 0 Å². The van der Waals surface area contributed by atoms with Gasteiger partial charge in [-0.25, -0.2) is 8.42 Å². The Morgan fingerprint density at radius 3 is 2.53 bits per heavy atom. The van der Waals surface area contributed by atoms with Crippen LogP contribution in [-0.2, 0) is 14.6 Å². The van der Waals surface area contributed by atoms with E-state index in [0.29, 0.717) is 12.1 Å². The van der Waals surface area contributed by atoms with Crippen molar-refractivity contribution in [2.75, 3.05) is 18.1 Å². The largest absolute Gasteiger partial charge is 0.356 e. The molecule has 0 spiro atoms. The van der Waals surface area contributed by atoms with Gasteiger partial charge in [-0.1, -0.05) is 11.6 Å². The van der Waals surface area contributed by atoms with Crippen LogP contribution in [-0.4, -0.2) is 32.4 Å². The molecule has 1 N–H and O–H groups in total. The number of hydrogen-bond donors (Lipinski definition) is 1. The van der Waals surface area contributed by atoms with Crippen molar-refractivity contribution in [1.82, 2.24) is 5.32 Å². The highest BCUT2D eigenvalue weighted by Gasteiger charge is 2.13. The third-order valence-corrected chi connectivity index (χ3v) is 3.74.